The zero-order chi connectivity index (χ0) is 18.5. The number of anilines is 1. The van der Waals surface area contributed by atoms with Crippen molar-refractivity contribution in [3.8, 4) is 0 Å². The fourth-order valence-electron chi connectivity index (χ4n) is 4.19. The Hall–Kier alpha value is -2.63. The third kappa shape index (κ3) is 4.04. The molecule has 142 valence electrons. The smallest absolute Gasteiger partial charge is 0.225 e. The van der Waals surface area contributed by atoms with Gasteiger partial charge in [0.15, 0.2) is 5.96 Å². The second-order valence-electron chi connectivity index (χ2n) is 7.24. The lowest BCUT2D eigenvalue weighted by atomic mass is 9.83. The van der Waals surface area contributed by atoms with Gasteiger partial charge in [-0.25, -0.2) is 9.97 Å². The molecule has 1 aliphatic heterocycles. The van der Waals surface area contributed by atoms with Crippen molar-refractivity contribution in [1.29, 1.82) is 0 Å². The summed E-state index contributed by atoms with van der Waals surface area (Å²) in [6.45, 7) is 4.64. The predicted molar refractivity (Wildman–Crippen MR) is 109 cm³/mol. The van der Waals surface area contributed by atoms with Gasteiger partial charge in [0.25, 0.3) is 0 Å². The minimum atomic E-state index is 0.575. The van der Waals surface area contributed by atoms with Gasteiger partial charge in [-0.1, -0.05) is 24.3 Å². The van der Waals surface area contributed by atoms with E-state index in [4.69, 9.17) is 0 Å². The summed E-state index contributed by atoms with van der Waals surface area (Å²) in [7, 11) is 1.88. The van der Waals surface area contributed by atoms with Crippen LogP contribution < -0.4 is 10.2 Å². The molecule has 0 radical (unpaired) electrons. The first kappa shape index (κ1) is 17.8. The second kappa shape index (κ2) is 8.37. The molecule has 1 unspecified atom stereocenters. The lowest BCUT2D eigenvalue weighted by Gasteiger charge is -2.37. The van der Waals surface area contributed by atoms with Crippen molar-refractivity contribution in [3.05, 3.63) is 53.9 Å². The molecule has 1 saturated heterocycles. The summed E-state index contributed by atoms with van der Waals surface area (Å²) in [4.78, 5) is 17.8. The van der Waals surface area contributed by atoms with E-state index in [1.807, 2.05) is 13.1 Å². The van der Waals surface area contributed by atoms with Crippen LogP contribution in [-0.2, 0) is 6.42 Å². The normalized spacial score (nSPS) is 20.3. The number of benzene rings is 1. The SMILES string of the molecule is CN=C(NCC1CCCc2ccccc21)N1CCN(c2ncccn2)CC1. The van der Waals surface area contributed by atoms with Crippen LogP contribution in [0, 0.1) is 0 Å². The molecule has 6 heteroatoms. The van der Waals surface area contributed by atoms with Gasteiger partial charge in [-0.05, 0) is 36.5 Å². The quantitative estimate of drug-likeness (QED) is 0.669. The zero-order valence-electron chi connectivity index (χ0n) is 16.0. The van der Waals surface area contributed by atoms with E-state index in [1.165, 1.54) is 30.4 Å². The number of fused-ring (bicyclic) bond motifs is 1. The van der Waals surface area contributed by atoms with Crippen LogP contribution in [0.25, 0.3) is 0 Å². The minimum absolute atomic E-state index is 0.575. The highest BCUT2D eigenvalue weighted by Gasteiger charge is 2.23. The first-order valence-electron chi connectivity index (χ1n) is 9.90. The molecule has 1 aliphatic carbocycles. The summed E-state index contributed by atoms with van der Waals surface area (Å²) in [5.74, 6) is 2.40. The number of guanidine groups is 1. The number of hydrogen-bond acceptors (Lipinski definition) is 4. The molecule has 27 heavy (non-hydrogen) atoms. The van der Waals surface area contributed by atoms with Crippen LogP contribution in [-0.4, -0.2) is 60.6 Å². The van der Waals surface area contributed by atoms with Crippen molar-refractivity contribution in [1.82, 2.24) is 20.2 Å². The summed E-state index contributed by atoms with van der Waals surface area (Å²) < 4.78 is 0. The molecule has 2 aromatic rings. The molecule has 6 nitrogen and oxygen atoms in total. The highest BCUT2D eigenvalue weighted by molar-refractivity contribution is 5.80. The van der Waals surface area contributed by atoms with Crippen LogP contribution in [0.15, 0.2) is 47.7 Å². The van der Waals surface area contributed by atoms with Gasteiger partial charge >= 0.3 is 0 Å². The Labute approximate surface area is 161 Å². The highest BCUT2D eigenvalue weighted by Crippen LogP contribution is 2.30. The molecule has 2 aliphatic rings. The number of rotatable bonds is 3. The molecule has 0 amide bonds. The first-order chi connectivity index (χ1) is 13.3. The van der Waals surface area contributed by atoms with Crippen LogP contribution in [0.3, 0.4) is 0 Å². The lowest BCUT2D eigenvalue weighted by Crippen LogP contribution is -2.53. The molecular formula is C21H28N6. The number of hydrogen-bond donors (Lipinski definition) is 1. The average Bonchev–Trinajstić information content (AvgIpc) is 2.75. The largest absolute Gasteiger partial charge is 0.356 e. The van der Waals surface area contributed by atoms with Crippen molar-refractivity contribution in [3.63, 3.8) is 0 Å². The number of piperazine rings is 1. The highest BCUT2D eigenvalue weighted by atomic mass is 15.4. The van der Waals surface area contributed by atoms with E-state index in [1.54, 1.807) is 12.4 Å². The predicted octanol–water partition coefficient (Wildman–Crippen LogP) is 2.29. The van der Waals surface area contributed by atoms with Crippen LogP contribution >= 0.6 is 0 Å². The number of aromatic nitrogens is 2. The molecule has 1 N–H and O–H groups in total. The molecule has 4 rings (SSSR count). The maximum atomic E-state index is 4.53. The van der Waals surface area contributed by atoms with Gasteiger partial charge in [0.2, 0.25) is 5.95 Å². The van der Waals surface area contributed by atoms with Crippen LogP contribution in [0.5, 0.6) is 0 Å². The fraction of sp³-hybridized carbons (Fsp3) is 0.476. The van der Waals surface area contributed by atoms with Crippen molar-refractivity contribution >= 4 is 11.9 Å². The average molecular weight is 364 g/mol. The van der Waals surface area contributed by atoms with Crippen molar-refractivity contribution in [2.24, 2.45) is 4.99 Å². The maximum Gasteiger partial charge on any atom is 0.225 e. The van der Waals surface area contributed by atoms with E-state index in [0.29, 0.717) is 5.92 Å². The van der Waals surface area contributed by atoms with Crippen LogP contribution in [0.1, 0.15) is 29.9 Å². The van der Waals surface area contributed by atoms with Crippen molar-refractivity contribution < 1.29 is 0 Å². The monoisotopic (exact) mass is 364 g/mol. The van der Waals surface area contributed by atoms with Crippen molar-refractivity contribution in [2.45, 2.75) is 25.2 Å². The molecule has 0 bridgehead atoms. The lowest BCUT2D eigenvalue weighted by molar-refractivity contribution is 0.367. The summed E-state index contributed by atoms with van der Waals surface area (Å²) in [6.07, 6.45) is 7.34. The Balaban J connectivity index is 1.33. The second-order valence-corrected chi connectivity index (χ2v) is 7.24. The molecule has 1 atom stereocenters. The van der Waals surface area contributed by atoms with Gasteiger partial charge in [-0.2, -0.15) is 0 Å². The molecule has 2 heterocycles. The van der Waals surface area contributed by atoms with Crippen molar-refractivity contribution in [2.75, 3.05) is 44.7 Å². The molecule has 1 aromatic heterocycles. The standard InChI is InChI=1S/C21H28N6/c1-22-20(25-16-18-8-4-7-17-6-2-3-9-19(17)18)26-12-14-27(15-13-26)21-23-10-5-11-24-21/h2-3,5-6,9-11,18H,4,7-8,12-16H2,1H3,(H,22,25). The third-order valence-corrected chi connectivity index (χ3v) is 5.63. The van der Waals surface area contributed by atoms with Gasteiger partial charge in [0.1, 0.15) is 0 Å². The van der Waals surface area contributed by atoms with E-state index in [2.05, 4.69) is 54.3 Å². The number of aliphatic imine (C=N–C) groups is 1. The molecule has 1 fully saturated rings. The van der Waals surface area contributed by atoms with E-state index in [-0.39, 0.29) is 0 Å². The van der Waals surface area contributed by atoms with Crippen LogP contribution in [0.2, 0.25) is 0 Å². The minimum Gasteiger partial charge on any atom is -0.356 e. The summed E-state index contributed by atoms with van der Waals surface area (Å²) >= 11 is 0. The van der Waals surface area contributed by atoms with Gasteiger partial charge in [-0.3, -0.25) is 4.99 Å². The number of aryl methyl sites for hydroxylation is 1. The van der Waals surface area contributed by atoms with Gasteiger partial charge < -0.3 is 15.1 Å². The van der Waals surface area contributed by atoms with E-state index in [0.717, 1.165) is 44.6 Å². The van der Waals surface area contributed by atoms with E-state index in [9.17, 15) is 0 Å². The topological polar surface area (TPSA) is 56.7 Å². The first-order valence-corrected chi connectivity index (χ1v) is 9.90. The zero-order valence-corrected chi connectivity index (χ0v) is 16.0. The summed E-state index contributed by atoms with van der Waals surface area (Å²) in [5.41, 5.74) is 3.03. The van der Waals surface area contributed by atoms with Gasteiger partial charge in [-0.15, -0.1) is 0 Å². The van der Waals surface area contributed by atoms with Crippen LogP contribution in [0.4, 0.5) is 5.95 Å². The Kier molecular flexibility index (Phi) is 5.51. The maximum absolute atomic E-state index is 4.53. The Morgan fingerprint density at radius 3 is 2.67 bits per heavy atom. The van der Waals surface area contributed by atoms with E-state index >= 15 is 0 Å². The van der Waals surface area contributed by atoms with E-state index < -0.39 is 0 Å². The Morgan fingerprint density at radius 2 is 1.89 bits per heavy atom. The molecule has 0 spiro atoms. The third-order valence-electron chi connectivity index (χ3n) is 5.63. The fourth-order valence-corrected chi connectivity index (χ4v) is 4.19. The summed E-state index contributed by atoms with van der Waals surface area (Å²) in [6, 6.07) is 10.7. The number of nitrogens with one attached hydrogen (secondary N) is 1. The Bertz CT molecular complexity index is 767. The Morgan fingerprint density at radius 1 is 1.11 bits per heavy atom. The summed E-state index contributed by atoms with van der Waals surface area (Å²) in [5, 5.41) is 3.63. The van der Waals surface area contributed by atoms with Gasteiger partial charge in [0, 0.05) is 58.1 Å². The molecular weight excluding hydrogens is 336 g/mol. The molecule has 1 aromatic carbocycles. The molecule has 0 saturated carbocycles. The number of nitrogens with zero attached hydrogens (tertiary/aromatic N) is 5. The van der Waals surface area contributed by atoms with Gasteiger partial charge in [0.05, 0.1) is 0 Å².